The molecule has 0 aliphatic heterocycles. The molecule has 0 spiro atoms. The fourth-order valence-electron chi connectivity index (χ4n) is 2.39. The summed E-state index contributed by atoms with van der Waals surface area (Å²) < 4.78 is 11.8. The maximum absolute atomic E-state index is 12.1. The van der Waals surface area contributed by atoms with Crippen LogP contribution in [-0.2, 0) is 4.74 Å². The number of ether oxygens (including phenoxy) is 2. The molecule has 0 radical (unpaired) electrons. The van der Waals surface area contributed by atoms with Gasteiger partial charge in [-0.05, 0) is 32.0 Å². The van der Waals surface area contributed by atoms with E-state index >= 15 is 0 Å². The van der Waals surface area contributed by atoms with Crippen LogP contribution in [0, 0.1) is 6.92 Å². The summed E-state index contributed by atoms with van der Waals surface area (Å²) in [7, 11) is 1.56. The molecule has 1 heterocycles. The van der Waals surface area contributed by atoms with Gasteiger partial charge in [-0.1, -0.05) is 0 Å². The quantitative estimate of drug-likeness (QED) is 0.808. The van der Waals surface area contributed by atoms with Crippen LogP contribution in [0.2, 0.25) is 0 Å². The number of rotatable bonds is 3. The van der Waals surface area contributed by atoms with Crippen molar-refractivity contribution in [3.8, 4) is 5.75 Å². The van der Waals surface area contributed by atoms with E-state index in [-0.39, 0.29) is 12.5 Å². The molecular weight excluding hydrogens is 258 g/mol. The van der Waals surface area contributed by atoms with Crippen LogP contribution in [-0.4, -0.2) is 30.2 Å². The maximum Gasteiger partial charge on any atom is 0.340 e. The van der Waals surface area contributed by atoms with E-state index in [0.29, 0.717) is 27.9 Å². The Bertz CT molecular complexity index is 685. The standard InChI is InChI=1S/C15H17NO4/c1-5-20-15(18)14-9(2)16(10(3)17)13-7-6-11(19-4)8-12(13)14/h6-8H,5H2,1-4H3. The molecule has 2 aromatic rings. The molecule has 0 saturated carbocycles. The van der Waals surface area contributed by atoms with Crippen LogP contribution in [0.4, 0.5) is 0 Å². The van der Waals surface area contributed by atoms with E-state index in [4.69, 9.17) is 9.47 Å². The van der Waals surface area contributed by atoms with Crippen LogP contribution < -0.4 is 4.74 Å². The summed E-state index contributed by atoms with van der Waals surface area (Å²) in [6.07, 6.45) is 0. The van der Waals surface area contributed by atoms with E-state index in [9.17, 15) is 9.59 Å². The second kappa shape index (κ2) is 5.36. The Balaban J connectivity index is 2.80. The highest BCUT2D eigenvalue weighted by Crippen LogP contribution is 2.29. The van der Waals surface area contributed by atoms with E-state index in [1.165, 1.54) is 11.5 Å². The van der Waals surface area contributed by atoms with Crippen LogP contribution in [0.1, 0.15) is 34.7 Å². The van der Waals surface area contributed by atoms with E-state index < -0.39 is 5.97 Å². The normalized spacial score (nSPS) is 10.6. The molecule has 0 bridgehead atoms. The Labute approximate surface area is 117 Å². The molecule has 0 N–H and O–H groups in total. The number of carbonyl (C=O) groups excluding carboxylic acids is 2. The van der Waals surface area contributed by atoms with Crippen molar-refractivity contribution in [1.82, 2.24) is 4.57 Å². The van der Waals surface area contributed by atoms with Crippen molar-refractivity contribution in [2.75, 3.05) is 13.7 Å². The van der Waals surface area contributed by atoms with Gasteiger partial charge in [0.25, 0.3) is 0 Å². The largest absolute Gasteiger partial charge is 0.497 e. The molecule has 5 nitrogen and oxygen atoms in total. The lowest BCUT2D eigenvalue weighted by atomic mass is 10.1. The molecule has 0 amide bonds. The first kappa shape index (κ1) is 14.1. The number of aromatic nitrogens is 1. The summed E-state index contributed by atoms with van der Waals surface area (Å²) in [5.41, 5.74) is 1.68. The Morgan fingerprint density at radius 2 is 2.00 bits per heavy atom. The zero-order chi connectivity index (χ0) is 14.9. The minimum Gasteiger partial charge on any atom is -0.497 e. The molecule has 0 aliphatic rings. The first-order valence-corrected chi connectivity index (χ1v) is 6.38. The number of benzene rings is 1. The third-order valence-corrected chi connectivity index (χ3v) is 3.21. The van der Waals surface area contributed by atoms with Gasteiger partial charge in [-0.25, -0.2) is 4.79 Å². The van der Waals surface area contributed by atoms with Gasteiger partial charge in [0.2, 0.25) is 5.91 Å². The van der Waals surface area contributed by atoms with Gasteiger partial charge < -0.3 is 9.47 Å². The topological polar surface area (TPSA) is 57.5 Å². The Kier molecular flexibility index (Phi) is 3.79. The van der Waals surface area contributed by atoms with Crippen molar-refractivity contribution in [2.24, 2.45) is 0 Å². The SMILES string of the molecule is CCOC(=O)c1c(C)n(C(C)=O)c2ccc(OC)cc12. The molecule has 0 saturated heterocycles. The predicted octanol–water partition coefficient (Wildman–Crippen LogP) is 2.80. The number of hydrogen-bond acceptors (Lipinski definition) is 4. The number of carbonyl (C=O) groups is 2. The molecule has 106 valence electrons. The second-order valence-electron chi connectivity index (χ2n) is 4.42. The average molecular weight is 275 g/mol. The first-order chi connectivity index (χ1) is 9.51. The van der Waals surface area contributed by atoms with Gasteiger partial charge in [-0.15, -0.1) is 0 Å². The average Bonchev–Trinajstić information content (AvgIpc) is 2.69. The number of hydrogen-bond donors (Lipinski definition) is 0. The van der Waals surface area contributed by atoms with Crippen molar-refractivity contribution in [1.29, 1.82) is 0 Å². The molecule has 0 atom stereocenters. The van der Waals surface area contributed by atoms with E-state index in [1.807, 2.05) is 0 Å². The molecule has 20 heavy (non-hydrogen) atoms. The third kappa shape index (κ3) is 2.15. The van der Waals surface area contributed by atoms with Crippen LogP contribution in [0.15, 0.2) is 18.2 Å². The summed E-state index contributed by atoms with van der Waals surface area (Å²) in [6.45, 7) is 5.23. The van der Waals surface area contributed by atoms with Gasteiger partial charge in [0.05, 0.1) is 24.8 Å². The molecule has 0 fully saturated rings. The number of methoxy groups -OCH3 is 1. The molecular formula is C15H17NO4. The zero-order valence-corrected chi connectivity index (χ0v) is 12.0. The maximum atomic E-state index is 12.1. The summed E-state index contributed by atoms with van der Waals surface area (Å²) in [5.74, 6) is 0.0558. The van der Waals surface area contributed by atoms with Gasteiger partial charge in [-0.2, -0.15) is 0 Å². The minimum absolute atomic E-state index is 0.145. The van der Waals surface area contributed by atoms with Crippen molar-refractivity contribution in [2.45, 2.75) is 20.8 Å². The third-order valence-electron chi connectivity index (χ3n) is 3.21. The summed E-state index contributed by atoms with van der Waals surface area (Å²) in [5, 5.41) is 0.663. The smallest absolute Gasteiger partial charge is 0.340 e. The van der Waals surface area contributed by atoms with Gasteiger partial charge >= 0.3 is 5.97 Å². The highest BCUT2D eigenvalue weighted by molar-refractivity contribution is 6.09. The van der Waals surface area contributed by atoms with Crippen LogP contribution >= 0.6 is 0 Å². The predicted molar refractivity (Wildman–Crippen MR) is 75.5 cm³/mol. The Morgan fingerprint density at radius 1 is 1.30 bits per heavy atom. The van der Waals surface area contributed by atoms with Crippen molar-refractivity contribution >= 4 is 22.8 Å². The Hall–Kier alpha value is -2.30. The highest BCUT2D eigenvalue weighted by Gasteiger charge is 2.22. The fraction of sp³-hybridized carbons (Fsp3) is 0.333. The second-order valence-corrected chi connectivity index (χ2v) is 4.42. The monoisotopic (exact) mass is 275 g/mol. The fourth-order valence-corrected chi connectivity index (χ4v) is 2.39. The van der Waals surface area contributed by atoms with Crippen molar-refractivity contribution in [3.63, 3.8) is 0 Å². The number of fused-ring (bicyclic) bond motifs is 1. The Morgan fingerprint density at radius 3 is 2.55 bits per heavy atom. The highest BCUT2D eigenvalue weighted by atomic mass is 16.5. The lowest BCUT2D eigenvalue weighted by Crippen LogP contribution is -2.10. The van der Waals surface area contributed by atoms with Crippen molar-refractivity contribution < 1.29 is 19.1 Å². The van der Waals surface area contributed by atoms with E-state index in [2.05, 4.69) is 0 Å². The van der Waals surface area contributed by atoms with Crippen molar-refractivity contribution in [3.05, 3.63) is 29.5 Å². The molecule has 1 aromatic heterocycles. The lowest BCUT2D eigenvalue weighted by molar-refractivity contribution is 0.0528. The summed E-state index contributed by atoms with van der Waals surface area (Å²) in [4.78, 5) is 23.9. The molecule has 5 heteroatoms. The molecule has 1 aromatic carbocycles. The first-order valence-electron chi connectivity index (χ1n) is 6.38. The lowest BCUT2D eigenvalue weighted by Gasteiger charge is -2.03. The van der Waals surface area contributed by atoms with Crippen LogP contribution in [0.5, 0.6) is 5.75 Å². The summed E-state index contributed by atoms with van der Waals surface area (Å²) >= 11 is 0. The molecule has 0 unspecified atom stereocenters. The zero-order valence-electron chi connectivity index (χ0n) is 12.0. The van der Waals surface area contributed by atoms with Crippen LogP contribution in [0.25, 0.3) is 10.9 Å². The van der Waals surface area contributed by atoms with E-state index in [1.54, 1.807) is 39.2 Å². The van der Waals surface area contributed by atoms with Gasteiger partial charge in [0, 0.05) is 18.0 Å². The number of nitrogens with zero attached hydrogens (tertiary/aromatic N) is 1. The van der Waals surface area contributed by atoms with Crippen LogP contribution in [0.3, 0.4) is 0 Å². The molecule has 0 aliphatic carbocycles. The number of esters is 1. The minimum atomic E-state index is -0.428. The van der Waals surface area contributed by atoms with Gasteiger partial charge in [-0.3, -0.25) is 9.36 Å². The van der Waals surface area contributed by atoms with Gasteiger partial charge in [0.1, 0.15) is 5.75 Å². The summed E-state index contributed by atoms with van der Waals surface area (Å²) in [6, 6.07) is 5.27. The van der Waals surface area contributed by atoms with Gasteiger partial charge in [0.15, 0.2) is 0 Å². The van der Waals surface area contributed by atoms with E-state index in [0.717, 1.165) is 0 Å². The molecule has 2 rings (SSSR count).